The van der Waals surface area contributed by atoms with Gasteiger partial charge in [0, 0.05) is 5.56 Å². The molecule has 4 rings (SSSR count). The van der Waals surface area contributed by atoms with E-state index in [2.05, 4.69) is 0 Å². The van der Waals surface area contributed by atoms with Gasteiger partial charge in [-0.2, -0.15) is 0 Å². The molecule has 3 aromatic carbocycles. The van der Waals surface area contributed by atoms with Gasteiger partial charge in [0.05, 0.1) is 26.2 Å². The molecule has 0 radical (unpaired) electrons. The van der Waals surface area contributed by atoms with Crippen molar-refractivity contribution < 1.29 is 32.1 Å². The summed E-state index contributed by atoms with van der Waals surface area (Å²) in [7, 11) is 0.601. The molecule has 1 heterocycles. The van der Waals surface area contributed by atoms with Crippen LogP contribution >= 0.6 is 0 Å². The fourth-order valence-electron chi connectivity index (χ4n) is 3.58. The van der Waals surface area contributed by atoms with E-state index >= 15 is 0 Å². The smallest absolute Gasteiger partial charge is 0.238 e. The zero-order valence-electron chi connectivity index (χ0n) is 17.2. The second-order valence-electron chi connectivity index (χ2n) is 6.71. The standard InChI is InChI=1S/C22H21NO7S/c1-26-19-8-13(9-20(27-2)22(19)28-3)15-10-17-18(30-12-29-17)11-16(15)14-6-4-5-7-21(14)31(23,24)25/h4-11H,12H2,1-3H3,(H2,23,24,25). The number of hydrogen-bond acceptors (Lipinski definition) is 7. The van der Waals surface area contributed by atoms with Gasteiger partial charge < -0.3 is 23.7 Å². The lowest BCUT2D eigenvalue weighted by atomic mass is 9.93. The monoisotopic (exact) mass is 443 g/mol. The molecule has 0 bridgehead atoms. The predicted octanol–water partition coefficient (Wildman–Crippen LogP) is 3.42. The largest absolute Gasteiger partial charge is 0.493 e. The van der Waals surface area contributed by atoms with Crippen molar-refractivity contribution in [3.8, 4) is 51.0 Å². The highest BCUT2D eigenvalue weighted by molar-refractivity contribution is 7.89. The van der Waals surface area contributed by atoms with E-state index in [-0.39, 0.29) is 11.7 Å². The molecule has 8 nitrogen and oxygen atoms in total. The molecule has 0 atom stereocenters. The van der Waals surface area contributed by atoms with E-state index in [9.17, 15) is 8.42 Å². The van der Waals surface area contributed by atoms with Crippen molar-refractivity contribution in [1.29, 1.82) is 0 Å². The van der Waals surface area contributed by atoms with Crippen molar-refractivity contribution in [1.82, 2.24) is 0 Å². The fourth-order valence-corrected chi connectivity index (χ4v) is 4.33. The lowest BCUT2D eigenvalue weighted by Crippen LogP contribution is -2.13. The zero-order valence-corrected chi connectivity index (χ0v) is 18.0. The maximum absolute atomic E-state index is 12.3. The molecule has 0 aromatic heterocycles. The molecule has 0 spiro atoms. The molecule has 2 N–H and O–H groups in total. The molecule has 1 aliphatic rings. The van der Waals surface area contributed by atoms with Crippen molar-refractivity contribution in [2.75, 3.05) is 28.1 Å². The number of sulfonamides is 1. The van der Waals surface area contributed by atoms with E-state index in [1.54, 1.807) is 42.5 Å². The van der Waals surface area contributed by atoms with E-state index in [1.807, 2.05) is 0 Å². The quantitative estimate of drug-likeness (QED) is 0.622. The summed E-state index contributed by atoms with van der Waals surface area (Å²) in [6.45, 7) is 0.0737. The summed E-state index contributed by atoms with van der Waals surface area (Å²) in [6.07, 6.45) is 0. The molecule has 162 valence electrons. The minimum atomic E-state index is -3.97. The fraction of sp³-hybridized carbons (Fsp3) is 0.182. The first kappa shape index (κ1) is 20.8. The van der Waals surface area contributed by atoms with Crippen LogP contribution in [0.4, 0.5) is 0 Å². The second-order valence-corrected chi connectivity index (χ2v) is 8.24. The van der Waals surface area contributed by atoms with Crippen LogP contribution in [-0.4, -0.2) is 36.5 Å². The third kappa shape index (κ3) is 3.73. The molecule has 3 aromatic rings. The van der Waals surface area contributed by atoms with Gasteiger partial charge in [-0.25, -0.2) is 13.6 Å². The number of benzene rings is 3. The van der Waals surface area contributed by atoms with Crippen molar-refractivity contribution in [2.24, 2.45) is 5.14 Å². The Morgan fingerprint density at radius 3 is 1.94 bits per heavy atom. The van der Waals surface area contributed by atoms with Crippen LogP contribution in [0.5, 0.6) is 28.7 Å². The summed E-state index contributed by atoms with van der Waals surface area (Å²) in [5.41, 5.74) is 2.42. The number of primary sulfonamides is 1. The molecular formula is C22H21NO7S. The van der Waals surface area contributed by atoms with E-state index < -0.39 is 10.0 Å². The SMILES string of the molecule is COc1cc(-c2cc3c(cc2-c2ccccc2S(N)(=O)=O)OCO3)cc(OC)c1OC. The summed E-state index contributed by atoms with van der Waals surface area (Å²) < 4.78 is 52.0. The van der Waals surface area contributed by atoms with E-state index in [1.165, 1.54) is 27.4 Å². The predicted molar refractivity (Wildman–Crippen MR) is 114 cm³/mol. The highest BCUT2D eigenvalue weighted by Gasteiger charge is 2.24. The summed E-state index contributed by atoms with van der Waals surface area (Å²) in [5.74, 6) is 2.41. The topological polar surface area (TPSA) is 106 Å². The van der Waals surface area contributed by atoms with Crippen molar-refractivity contribution >= 4 is 10.0 Å². The van der Waals surface area contributed by atoms with Crippen LogP contribution in [0.25, 0.3) is 22.3 Å². The molecule has 0 amide bonds. The Balaban J connectivity index is 2.04. The van der Waals surface area contributed by atoms with Crippen LogP contribution in [-0.2, 0) is 10.0 Å². The highest BCUT2D eigenvalue weighted by Crippen LogP contribution is 2.47. The van der Waals surface area contributed by atoms with Gasteiger partial charge in [0.25, 0.3) is 0 Å². The van der Waals surface area contributed by atoms with Crippen LogP contribution < -0.4 is 28.8 Å². The highest BCUT2D eigenvalue weighted by atomic mass is 32.2. The Morgan fingerprint density at radius 2 is 1.39 bits per heavy atom. The molecule has 0 saturated heterocycles. The van der Waals surface area contributed by atoms with Crippen LogP contribution in [0.3, 0.4) is 0 Å². The molecule has 0 saturated carbocycles. The number of nitrogens with two attached hydrogens (primary N) is 1. The van der Waals surface area contributed by atoms with Crippen LogP contribution in [0.15, 0.2) is 53.4 Å². The van der Waals surface area contributed by atoms with Gasteiger partial charge in [0.1, 0.15) is 0 Å². The van der Waals surface area contributed by atoms with Crippen LogP contribution in [0.2, 0.25) is 0 Å². The number of fused-ring (bicyclic) bond motifs is 1. The Labute approximate surface area is 180 Å². The first-order valence-corrected chi connectivity index (χ1v) is 10.8. The summed E-state index contributed by atoms with van der Waals surface area (Å²) >= 11 is 0. The minimum absolute atomic E-state index is 0.00237. The molecule has 9 heteroatoms. The molecule has 31 heavy (non-hydrogen) atoms. The second kappa shape index (κ2) is 8.01. The van der Waals surface area contributed by atoms with E-state index in [0.717, 1.165) is 0 Å². The first-order valence-electron chi connectivity index (χ1n) is 9.23. The van der Waals surface area contributed by atoms with Crippen LogP contribution in [0, 0.1) is 0 Å². The third-order valence-corrected chi connectivity index (χ3v) is 5.94. The number of rotatable bonds is 6. The molecule has 0 fully saturated rings. The van der Waals surface area contributed by atoms with Gasteiger partial charge in [-0.1, -0.05) is 18.2 Å². The van der Waals surface area contributed by atoms with Gasteiger partial charge in [-0.3, -0.25) is 0 Å². The third-order valence-electron chi connectivity index (χ3n) is 4.97. The van der Waals surface area contributed by atoms with E-state index in [4.69, 9.17) is 28.8 Å². The van der Waals surface area contributed by atoms with Crippen molar-refractivity contribution in [3.63, 3.8) is 0 Å². The minimum Gasteiger partial charge on any atom is -0.493 e. The molecule has 1 aliphatic heterocycles. The maximum Gasteiger partial charge on any atom is 0.238 e. The van der Waals surface area contributed by atoms with Gasteiger partial charge >= 0.3 is 0 Å². The van der Waals surface area contributed by atoms with Crippen molar-refractivity contribution in [3.05, 3.63) is 48.5 Å². The summed E-state index contributed by atoms with van der Waals surface area (Å²) in [5, 5.41) is 5.49. The van der Waals surface area contributed by atoms with Gasteiger partial charge in [-0.05, 0) is 47.0 Å². The molecule has 0 unspecified atom stereocenters. The summed E-state index contributed by atoms with van der Waals surface area (Å²) in [6, 6.07) is 13.6. The normalized spacial score (nSPS) is 12.5. The Kier molecular flexibility index (Phi) is 5.38. The molecular weight excluding hydrogens is 422 g/mol. The first-order chi connectivity index (χ1) is 14.9. The average Bonchev–Trinajstić information content (AvgIpc) is 3.24. The number of methoxy groups -OCH3 is 3. The van der Waals surface area contributed by atoms with Gasteiger partial charge in [0.15, 0.2) is 23.0 Å². The molecule has 0 aliphatic carbocycles. The average molecular weight is 443 g/mol. The van der Waals surface area contributed by atoms with Crippen molar-refractivity contribution in [2.45, 2.75) is 4.90 Å². The lowest BCUT2D eigenvalue weighted by Gasteiger charge is -2.17. The lowest BCUT2D eigenvalue weighted by molar-refractivity contribution is 0.174. The Hall–Kier alpha value is -3.43. The Bertz CT molecular complexity index is 1230. The van der Waals surface area contributed by atoms with Gasteiger partial charge in [0.2, 0.25) is 22.6 Å². The van der Waals surface area contributed by atoms with Gasteiger partial charge in [-0.15, -0.1) is 0 Å². The number of ether oxygens (including phenoxy) is 5. The Morgan fingerprint density at radius 1 is 0.806 bits per heavy atom. The maximum atomic E-state index is 12.3. The zero-order chi connectivity index (χ0) is 22.2. The van der Waals surface area contributed by atoms with Crippen LogP contribution in [0.1, 0.15) is 0 Å². The van der Waals surface area contributed by atoms with E-state index in [0.29, 0.717) is 51.0 Å². The summed E-state index contributed by atoms with van der Waals surface area (Å²) in [4.78, 5) is 0.00237. The number of hydrogen-bond donors (Lipinski definition) is 1.